The first-order valence-corrected chi connectivity index (χ1v) is 6.69. The number of benzene rings is 1. The number of ether oxygens (including phenoxy) is 2. The number of nitrogens with one attached hydrogen (secondary N) is 1. The summed E-state index contributed by atoms with van der Waals surface area (Å²) in [6.45, 7) is 6.60. The number of amides is 2. The maximum atomic E-state index is 11.9. The van der Waals surface area contributed by atoms with Crippen molar-refractivity contribution in [3.8, 4) is 0 Å². The molecule has 22 heavy (non-hydrogen) atoms. The van der Waals surface area contributed by atoms with Gasteiger partial charge in [-0.3, -0.25) is 10.1 Å². The van der Waals surface area contributed by atoms with Gasteiger partial charge < -0.3 is 15.2 Å². The predicted molar refractivity (Wildman–Crippen MR) is 80.4 cm³/mol. The van der Waals surface area contributed by atoms with Gasteiger partial charge in [-0.1, -0.05) is 6.07 Å². The molecule has 0 spiro atoms. The van der Waals surface area contributed by atoms with E-state index in [0.717, 1.165) is 0 Å². The number of rotatable bonds is 4. The number of hydrogen-bond donors (Lipinski definition) is 2. The minimum Gasteiger partial charge on any atom is -0.449 e. The second-order valence-electron chi connectivity index (χ2n) is 5.66. The molecular weight excluding hydrogens is 288 g/mol. The molecule has 0 bridgehead atoms. The van der Waals surface area contributed by atoms with E-state index in [2.05, 4.69) is 5.32 Å². The molecule has 0 heterocycles. The molecule has 0 saturated carbocycles. The quantitative estimate of drug-likeness (QED) is 0.828. The summed E-state index contributed by atoms with van der Waals surface area (Å²) in [5.41, 5.74) is 4.95. The van der Waals surface area contributed by atoms with Crippen LogP contribution in [0.2, 0.25) is 0 Å². The molecule has 0 aliphatic rings. The van der Waals surface area contributed by atoms with Crippen molar-refractivity contribution in [2.24, 2.45) is 5.73 Å². The lowest BCUT2D eigenvalue weighted by Crippen LogP contribution is -2.30. The highest BCUT2D eigenvalue weighted by Crippen LogP contribution is 2.14. The first kappa shape index (κ1) is 17.5. The lowest BCUT2D eigenvalue weighted by Gasteiger charge is -2.19. The second-order valence-corrected chi connectivity index (χ2v) is 5.66. The van der Waals surface area contributed by atoms with Crippen LogP contribution in [0.1, 0.15) is 38.1 Å². The fraction of sp³-hybridized carbons (Fsp3) is 0.400. The van der Waals surface area contributed by atoms with Crippen molar-refractivity contribution in [3.05, 3.63) is 29.8 Å². The molecule has 0 aromatic heterocycles. The maximum absolute atomic E-state index is 11.9. The number of carbonyl (C=O) groups is 3. The van der Waals surface area contributed by atoms with E-state index in [9.17, 15) is 14.4 Å². The Hall–Kier alpha value is -2.57. The zero-order valence-electron chi connectivity index (χ0n) is 13.0. The van der Waals surface area contributed by atoms with Crippen molar-refractivity contribution in [1.82, 2.24) is 0 Å². The van der Waals surface area contributed by atoms with Crippen LogP contribution in [0.4, 0.5) is 10.5 Å². The molecule has 120 valence electrons. The van der Waals surface area contributed by atoms with Crippen molar-refractivity contribution >= 4 is 23.7 Å². The van der Waals surface area contributed by atoms with E-state index in [0.29, 0.717) is 5.69 Å². The average Bonchev–Trinajstić information content (AvgIpc) is 2.36. The molecule has 0 aliphatic heterocycles. The Labute approximate surface area is 128 Å². The summed E-state index contributed by atoms with van der Waals surface area (Å²) < 4.78 is 9.99. The van der Waals surface area contributed by atoms with Gasteiger partial charge in [-0.15, -0.1) is 0 Å². The van der Waals surface area contributed by atoms with Crippen LogP contribution in [0.15, 0.2) is 24.3 Å². The SMILES string of the molecule is CC(OC(=O)c1cccc(NC(=O)OC(C)(C)C)c1)C(N)=O. The zero-order chi connectivity index (χ0) is 16.9. The molecule has 3 N–H and O–H groups in total. The standard InChI is InChI=1S/C15H20N2O5/c1-9(12(16)18)21-13(19)10-6-5-7-11(8-10)17-14(20)22-15(2,3)4/h5-9H,1-4H3,(H2,16,18)(H,17,20). The fourth-order valence-corrected chi connectivity index (χ4v) is 1.43. The van der Waals surface area contributed by atoms with Crippen molar-refractivity contribution in [3.63, 3.8) is 0 Å². The van der Waals surface area contributed by atoms with E-state index in [1.807, 2.05) is 0 Å². The van der Waals surface area contributed by atoms with Gasteiger partial charge in [0.2, 0.25) is 0 Å². The molecule has 1 atom stereocenters. The Kier molecular flexibility index (Phi) is 5.50. The first-order valence-electron chi connectivity index (χ1n) is 6.69. The summed E-state index contributed by atoms with van der Waals surface area (Å²) in [6, 6.07) is 6.08. The summed E-state index contributed by atoms with van der Waals surface area (Å²) in [4.78, 5) is 34.4. The molecule has 7 nitrogen and oxygen atoms in total. The van der Waals surface area contributed by atoms with E-state index >= 15 is 0 Å². The Morgan fingerprint density at radius 2 is 1.86 bits per heavy atom. The van der Waals surface area contributed by atoms with Gasteiger partial charge in [0.05, 0.1) is 5.56 Å². The smallest absolute Gasteiger partial charge is 0.412 e. The fourth-order valence-electron chi connectivity index (χ4n) is 1.43. The van der Waals surface area contributed by atoms with Crippen LogP contribution in [-0.4, -0.2) is 29.7 Å². The Morgan fingerprint density at radius 3 is 2.41 bits per heavy atom. The molecule has 1 aromatic carbocycles. The minimum absolute atomic E-state index is 0.182. The average molecular weight is 308 g/mol. The molecular formula is C15H20N2O5. The van der Waals surface area contributed by atoms with Crippen molar-refractivity contribution in [2.45, 2.75) is 39.4 Å². The summed E-state index contributed by atoms with van der Waals surface area (Å²) in [5.74, 6) is -1.45. The second kappa shape index (κ2) is 6.93. The lowest BCUT2D eigenvalue weighted by atomic mass is 10.2. The number of hydrogen-bond acceptors (Lipinski definition) is 5. The van der Waals surface area contributed by atoms with Gasteiger partial charge in [-0.25, -0.2) is 9.59 Å². The van der Waals surface area contributed by atoms with Crippen LogP contribution in [-0.2, 0) is 14.3 Å². The molecule has 1 unspecified atom stereocenters. The van der Waals surface area contributed by atoms with Gasteiger partial charge in [0, 0.05) is 5.69 Å². The molecule has 0 saturated heterocycles. The van der Waals surface area contributed by atoms with E-state index < -0.39 is 29.7 Å². The highest BCUT2D eigenvalue weighted by atomic mass is 16.6. The van der Waals surface area contributed by atoms with Crippen LogP contribution < -0.4 is 11.1 Å². The van der Waals surface area contributed by atoms with Gasteiger partial charge in [0.25, 0.3) is 5.91 Å². The number of carbonyl (C=O) groups excluding carboxylic acids is 3. The number of anilines is 1. The Morgan fingerprint density at radius 1 is 1.23 bits per heavy atom. The number of primary amides is 1. The molecule has 0 fully saturated rings. The third-order valence-electron chi connectivity index (χ3n) is 2.43. The summed E-state index contributed by atoms with van der Waals surface area (Å²) >= 11 is 0. The summed E-state index contributed by atoms with van der Waals surface area (Å²) in [6.07, 6.45) is -1.67. The third-order valence-corrected chi connectivity index (χ3v) is 2.43. The molecule has 1 aromatic rings. The van der Waals surface area contributed by atoms with Gasteiger partial charge in [0.1, 0.15) is 5.60 Å². The summed E-state index contributed by atoms with van der Waals surface area (Å²) in [5, 5.41) is 2.51. The topological polar surface area (TPSA) is 108 Å². The first-order chi connectivity index (χ1) is 10.1. The van der Waals surface area contributed by atoms with E-state index in [4.69, 9.17) is 15.2 Å². The van der Waals surface area contributed by atoms with Crippen LogP contribution in [0.3, 0.4) is 0 Å². The van der Waals surface area contributed by atoms with Crippen molar-refractivity contribution in [2.75, 3.05) is 5.32 Å². The largest absolute Gasteiger partial charge is 0.449 e. The van der Waals surface area contributed by atoms with Crippen LogP contribution >= 0.6 is 0 Å². The van der Waals surface area contributed by atoms with Gasteiger partial charge in [-0.05, 0) is 45.9 Å². The third kappa shape index (κ3) is 5.82. The summed E-state index contributed by atoms with van der Waals surface area (Å²) in [7, 11) is 0. The molecule has 2 amide bonds. The van der Waals surface area contributed by atoms with E-state index in [1.54, 1.807) is 32.9 Å². The van der Waals surface area contributed by atoms with Crippen molar-refractivity contribution < 1.29 is 23.9 Å². The zero-order valence-corrected chi connectivity index (χ0v) is 13.0. The molecule has 1 rings (SSSR count). The number of nitrogens with two attached hydrogens (primary N) is 1. The van der Waals surface area contributed by atoms with Crippen LogP contribution in [0.25, 0.3) is 0 Å². The van der Waals surface area contributed by atoms with Crippen LogP contribution in [0.5, 0.6) is 0 Å². The molecule has 7 heteroatoms. The van der Waals surface area contributed by atoms with Gasteiger partial charge in [0.15, 0.2) is 6.10 Å². The molecule has 0 radical (unpaired) electrons. The predicted octanol–water partition coefficient (Wildman–Crippen LogP) is 2.06. The van der Waals surface area contributed by atoms with E-state index in [-0.39, 0.29) is 5.56 Å². The lowest BCUT2D eigenvalue weighted by molar-refractivity contribution is -0.125. The van der Waals surface area contributed by atoms with E-state index in [1.165, 1.54) is 19.1 Å². The maximum Gasteiger partial charge on any atom is 0.412 e. The molecule has 0 aliphatic carbocycles. The van der Waals surface area contributed by atoms with Crippen LogP contribution in [0, 0.1) is 0 Å². The highest BCUT2D eigenvalue weighted by Gasteiger charge is 2.18. The van der Waals surface area contributed by atoms with Gasteiger partial charge in [-0.2, -0.15) is 0 Å². The highest BCUT2D eigenvalue weighted by molar-refractivity contribution is 5.94. The Bertz CT molecular complexity index is 578. The van der Waals surface area contributed by atoms with Crippen molar-refractivity contribution in [1.29, 1.82) is 0 Å². The van der Waals surface area contributed by atoms with Gasteiger partial charge >= 0.3 is 12.1 Å². The minimum atomic E-state index is -1.03. The normalized spacial score (nSPS) is 12.2. The number of esters is 1. The Balaban J connectivity index is 2.76. The monoisotopic (exact) mass is 308 g/mol.